The fourth-order valence-corrected chi connectivity index (χ4v) is 5.50. The van der Waals surface area contributed by atoms with E-state index in [9.17, 15) is 14.4 Å². The number of aromatic amines is 1. The first-order valence-electron chi connectivity index (χ1n) is 13.8. The number of nitrogens with zero attached hydrogens (tertiary/aromatic N) is 1. The number of H-pyrrole nitrogens is 1. The summed E-state index contributed by atoms with van der Waals surface area (Å²) in [5, 5.41) is 3.08. The molecule has 210 valence electrons. The average molecular weight is 554 g/mol. The van der Waals surface area contributed by atoms with Gasteiger partial charge in [-0.15, -0.1) is 0 Å². The average Bonchev–Trinajstić information content (AvgIpc) is 3.40. The molecule has 2 aliphatic heterocycles. The third-order valence-corrected chi connectivity index (χ3v) is 7.64. The topological polar surface area (TPSA) is 112 Å². The summed E-state index contributed by atoms with van der Waals surface area (Å²) in [7, 11) is 0. The molecule has 0 radical (unpaired) electrons. The first-order chi connectivity index (χ1) is 20.0. The molecule has 1 amide bonds. The highest BCUT2D eigenvalue weighted by molar-refractivity contribution is 5.89. The highest BCUT2D eigenvalue weighted by atomic mass is 16.6. The first-order valence-corrected chi connectivity index (χ1v) is 13.8. The van der Waals surface area contributed by atoms with E-state index in [2.05, 4.69) is 10.3 Å². The van der Waals surface area contributed by atoms with Crippen LogP contribution in [0.4, 0.5) is 0 Å². The van der Waals surface area contributed by atoms with Crippen molar-refractivity contribution in [1.29, 1.82) is 0 Å². The van der Waals surface area contributed by atoms with Crippen LogP contribution in [0.2, 0.25) is 0 Å². The second-order valence-electron chi connectivity index (χ2n) is 10.2. The van der Waals surface area contributed by atoms with E-state index in [4.69, 9.17) is 14.2 Å². The van der Waals surface area contributed by atoms with Gasteiger partial charge in [0.1, 0.15) is 23.8 Å². The van der Waals surface area contributed by atoms with E-state index >= 15 is 0 Å². The largest absolute Gasteiger partial charge is 0.457 e. The Kier molecular flexibility index (Phi) is 7.54. The minimum Gasteiger partial charge on any atom is -0.457 e. The van der Waals surface area contributed by atoms with Crippen molar-refractivity contribution in [2.75, 3.05) is 6.54 Å². The lowest BCUT2D eigenvalue weighted by molar-refractivity contribution is -0.123. The molecule has 9 heteroatoms. The lowest BCUT2D eigenvalue weighted by atomic mass is 9.87. The summed E-state index contributed by atoms with van der Waals surface area (Å²) in [6.07, 6.45) is 0.823. The van der Waals surface area contributed by atoms with Crippen LogP contribution in [-0.4, -0.2) is 34.2 Å². The summed E-state index contributed by atoms with van der Waals surface area (Å²) >= 11 is 0. The molecule has 3 aromatic carbocycles. The van der Waals surface area contributed by atoms with E-state index in [0.717, 1.165) is 16.7 Å². The Balaban J connectivity index is 1.23. The smallest absolute Gasteiger partial charge is 0.330 e. The predicted octanol–water partition coefficient (Wildman–Crippen LogP) is 4.03. The van der Waals surface area contributed by atoms with Crippen molar-refractivity contribution < 1.29 is 19.0 Å². The molecule has 9 nitrogen and oxygen atoms in total. The van der Waals surface area contributed by atoms with Crippen molar-refractivity contribution in [2.45, 2.75) is 50.7 Å². The molecule has 2 aliphatic rings. The minimum absolute atomic E-state index is 0.176. The Bertz CT molecular complexity index is 1620. The molecule has 1 unspecified atom stereocenters. The molecule has 1 saturated heterocycles. The quantitative estimate of drug-likeness (QED) is 0.341. The Morgan fingerprint density at radius 1 is 0.976 bits per heavy atom. The van der Waals surface area contributed by atoms with Gasteiger partial charge in [0.15, 0.2) is 0 Å². The van der Waals surface area contributed by atoms with Gasteiger partial charge in [-0.1, -0.05) is 73.7 Å². The van der Waals surface area contributed by atoms with E-state index in [-0.39, 0.29) is 12.5 Å². The molecule has 4 aromatic rings. The zero-order valence-electron chi connectivity index (χ0n) is 22.6. The van der Waals surface area contributed by atoms with E-state index in [0.29, 0.717) is 36.5 Å². The van der Waals surface area contributed by atoms with Crippen LogP contribution in [0.25, 0.3) is 0 Å². The molecule has 0 bridgehead atoms. The molecular weight excluding hydrogens is 522 g/mol. The molecule has 0 spiro atoms. The molecule has 3 heterocycles. The van der Waals surface area contributed by atoms with Crippen molar-refractivity contribution in [1.82, 2.24) is 14.9 Å². The number of nitrogens with one attached hydrogen (secondary N) is 2. The van der Waals surface area contributed by atoms with Gasteiger partial charge in [0.2, 0.25) is 5.91 Å². The number of aromatic nitrogens is 2. The molecule has 6 rings (SSSR count). The van der Waals surface area contributed by atoms with Gasteiger partial charge in [-0.2, -0.15) is 0 Å². The lowest BCUT2D eigenvalue weighted by Crippen LogP contribution is -2.41. The zero-order chi connectivity index (χ0) is 28.3. The minimum atomic E-state index is -0.656. The second-order valence-corrected chi connectivity index (χ2v) is 10.2. The summed E-state index contributed by atoms with van der Waals surface area (Å²) in [6, 6.07) is 24.8. The maximum Gasteiger partial charge on any atom is 0.330 e. The molecule has 1 aromatic heterocycles. The van der Waals surface area contributed by atoms with Crippen molar-refractivity contribution in [2.24, 2.45) is 0 Å². The van der Waals surface area contributed by atoms with E-state index in [1.54, 1.807) is 6.20 Å². The van der Waals surface area contributed by atoms with Gasteiger partial charge in [-0.05, 0) is 24.1 Å². The number of fused-ring (bicyclic) bond motifs is 2. The van der Waals surface area contributed by atoms with E-state index in [1.165, 1.54) is 4.57 Å². The normalized spacial score (nSPS) is 19.7. The summed E-state index contributed by atoms with van der Waals surface area (Å²) < 4.78 is 20.1. The van der Waals surface area contributed by atoms with Crippen LogP contribution < -0.4 is 21.3 Å². The fraction of sp³-hybridized carbons (Fsp3) is 0.281. The summed E-state index contributed by atoms with van der Waals surface area (Å²) in [6.45, 7) is 2.38. The number of carbonyl (C=O) groups excluding carboxylic acids is 1. The maximum atomic E-state index is 13.7. The van der Waals surface area contributed by atoms with Crippen LogP contribution in [0.1, 0.15) is 47.7 Å². The number of hydrogen-bond donors (Lipinski definition) is 2. The Hall–Kier alpha value is -4.47. The third-order valence-electron chi connectivity index (χ3n) is 7.64. The van der Waals surface area contributed by atoms with Crippen LogP contribution in [-0.2, 0) is 27.3 Å². The Labute approximate surface area is 236 Å². The number of ether oxygens (including phenoxy) is 3. The van der Waals surface area contributed by atoms with Crippen molar-refractivity contribution in [3.05, 3.63) is 128 Å². The molecule has 0 aliphatic carbocycles. The number of rotatable bonds is 8. The van der Waals surface area contributed by atoms with Gasteiger partial charge in [0.05, 0.1) is 18.6 Å². The highest BCUT2D eigenvalue weighted by Crippen LogP contribution is 2.44. The molecule has 3 atom stereocenters. The maximum absolute atomic E-state index is 13.7. The number of benzene rings is 3. The predicted molar refractivity (Wildman–Crippen MR) is 152 cm³/mol. The Morgan fingerprint density at radius 2 is 1.63 bits per heavy atom. The van der Waals surface area contributed by atoms with Crippen LogP contribution in [0.3, 0.4) is 0 Å². The number of carbonyl (C=O) groups is 1. The van der Waals surface area contributed by atoms with Gasteiger partial charge < -0.3 is 19.5 Å². The number of hydrogen-bond acceptors (Lipinski definition) is 6. The number of amides is 1. The number of aryl methyl sites for hydroxylation is 1. The molecule has 2 N–H and O–H groups in total. The number of para-hydroxylation sites is 2. The van der Waals surface area contributed by atoms with Gasteiger partial charge >= 0.3 is 5.69 Å². The molecular formula is C32H31N3O6. The van der Waals surface area contributed by atoms with Gasteiger partial charge in [-0.25, -0.2) is 4.79 Å². The zero-order valence-corrected chi connectivity index (χ0v) is 22.6. The summed E-state index contributed by atoms with van der Waals surface area (Å²) in [4.78, 5) is 41.0. The van der Waals surface area contributed by atoms with Crippen LogP contribution in [0, 0.1) is 0 Å². The monoisotopic (exact) mass is 553 g/mol. The van der Waals surface area contributed by atoms with E-state index < -0.39 is 35.6 Å². The van der Waals surface area contributed by atoms with Crippen molar-refractivity contribution in [3.8, 4) is 11.5 Å². The first kappa shape index (κ1) is 26.7. The summed E-state index contributed by atoms with van der Waals surface area (Å²) in [5.74, 6) is 0.566. The summed E-state index contributed by atoms with van der Waals surface area (Å²) in [5.41, 5.74) is 2.13. The molecule has 1 fully saturated rings. The second kappa shape index (κ2) is 11.6. The van der Waals surface area contributed by atoms with Crippen LogP contribution in [0.15, 0.2) is 94.6 Å². The van der Waals surface area contributed by atoms with Gasteiger partial charge in [0, 0.05) is 35.9 Å². The van der Waals surface area contributed by atoms with E-state index in [1.807, 2.05) is 85.8 Å². The Morgan fingerprint density at radius 3 is 2.32 bits per heavy atom. The van der Waals surface area contributed by atoms with Crippen LogP contribution >= 0.6 is 0 Å². The highest BCUT2D eigenvalue weighted by Gasteiger charge is 2.39. The third kappa shape index (κ3) is 5.46. The lowest BCUT2D eigenvalue weighted by Gasteiger charge is -2.28. The van der Waals surface area contributed by atoms with Gasteiger partial charge in [-0.3, -0.25) is 19.1 Å². The van der Waals surface area contributed by atoms with Gasteiger partial charge in [0.25, 0.3) is 5.56 Å². The van der Waals surface area contributed by atoms with Crippen LogP contribution in [0.5, 0.6) is 11.5 Å². The molecule has 0 saturated carbocycles. The standard InChI is InChI=1S/C32H31N3O6/c1-2-21-18-35(32(38)34-30(21)36)28-16-26(39-19-20-10-4-3-5-11-20)27(41-28)17-33-31(37)29-22-12-6-8-14-24(22)40-25-15-9-7-13-23(25)29/h3-15,18,26-29H,2,16-17,19H2,1H3,(H,33,37)(H,34,36,38)/t26?,27-,28-/m0/s1. The van der Waals surface area contributed by atoms with Crippen molar-refractivity contribution >= 4 is 5.91 Å². The molecule has 41 heavy (non-hydrogen) atoms. The van der Waals surface area contributed by atoms with Crippen molar-refractivity contribution in [3.63, 3.8) is 0 Å². The SMILES string of the molecule is CCc1cn([C@@H]2CC(OCc3ccccc3)[C@H](CNC(=O)C3c4ccccc4Oc4ccccc43)O2)c(=O)[nH]c1=O. The fourth-order valence-electron chi connectivity index (χ4n) is 5.50.